The van der Waals surface area contributed by atoms with Crippen LogP contribution in [0.15, 0.2) is 76.3 Å². The lowest BCUT2D eigenvalue weighted by Gasteiger charge is -2.34. The number of thioether (sulfide) groups is 1. The fraction of sp³-hybridized carbons (Fsp3) is 0.240. The Hall–Kier alpha value is -3.32. The highest BCUT2D eigenvalue weighted by Crippen LogP contribution is 2.37. The van der Waals surface area contributed by atoms with Gasteiger partial charge in [0.25, 0.3) is 5.89 Å². The summed E-state index contributed by atoms with van der Waals surface area (Å²) in [6.45, 7) is 8.19. The molecule has 0 fully saturated rings. The number of nitrogens with zero attached hydrogens (tertiary/aromatic N) is 3. The minimum absolute atomic E-state index is 0.178. The third-order valence-electron chi connectivity index (χ3n) is 5.63. The first-order valence-corrected chi connectivity index (χ1v) is 11.7. The van der Waals surface area contributed by atoms with Crippen molar-refractivity contribution in [2.24, 2.45) is 0 Å². The van der Waals surface area contributed by atoms with Gasteiger partial charge in [0.2, 0.25) is 5.82 Å². The van der Waals surface area contributed by atoms with Gasteiger partial charge in [0.05, 0.1) is 11.6 Å². The van der Waals surface area contributed by atoms with E-state index >= 15 is 0 Å². The van der Waals surface area contributed by atoms with Crippen LogP contribution in [0.4, 0.5) is 4.79 Å². The van der Waals surface area contributed by atoms with Crippen LogP contribution in [0.1, 0.15) is 36.9 Å². The van der Waals surface area contributed by atoms with Crippen LogP contribution in [0.5, 0.6) is 0 Å². The van der Waals surface area contributed by atoms with Crippen molar-refractivity contribution in [3.05, 3.63) is 83.9 Å². The molecule has 2 heterocycles. The monoisotopic (exact) mass is 446 g/mol. The first kappa shape index (κ1) is 21.9. The third-order valence-corrected chi connectivity index (χ3v) is 6.38. The summed E-state index contributed by atoms with van der Waals surface area (Å²) in [5.74, 6) is 0.908. The van der Waals surface area contributed by atoms with E-state index in [1.165, 1.54) is 10.5 Å². The number of carbonyl (C=O) groups excluding carboxylic acids is 1. The number of nitrogens with one attached hydrogen (secondary N) is 1. The van der Waals surface area contributed by atoms with Crippen LogP contribution in [0, 0.1) is 0 Å². The number of hydrogen-bond acceptors (Lipinski definition) is 5. The van der Waals surface area contributed by atoms with Crippen LogP contribution in [0.25, 0.3) is 17.0 Å². The number of urea groups is 1. The van der Waals surface area contributed by atoms with E-state index < -0.39 is 0 Å². The molecule has 2 aromatic carbocycles. The number of benzene rings is 2. The molecule has 2 amide bonds. The number of hydrogen-bond donors (Lipinski definition) is 1. The van der Waals surface area contributed by atoms with Crippen molar-refractivity contribution in [2.75, 3.05) is 12.8 Å². The van der Waals surface area contributed by atoms with Gasteiger partial charge in [-0.15, -0.1) is 18.3 Å². The molecule has 1 unspecified atom stereocenters. The summed E-state index contributed by atoms with van der Waals surface area (Å²) in [7, 11) is 0. The molecule has 6 nitrogen and oxygen atoms in total. The first-order valence-electron chi connectivity index (χ1n) is 10.5. The zero-order valence-corrected chi connectivity index (χ0v) is 19.3. The van der Waals surface area contributed by atoms with Gasteiger partial charge >= 0.3 is 6.03 Å². The SMILES string of the molecule is C=CCN1C(=O)NC(c2ccc(CC)cc2)C(c2nc(-c3ccc(SC)cc3)no2)=C1C. The highest BCUT2D eigenvalue weighted by atomic mass is 32.2. The molecule has 1 aliphatic heterocycles. The average Bonchev–Trinajstić information content (AvgIpc) is 3.31. The minimum Gasteiger partial charge on any atom is -0.334 e. The molecule has 4 rings (SSSR count). The van der Waals surface area contributed by atoms with Crippen LogP contribution in [0.2, 0.25) is 0 Å². The van der Waals surface area contributed by atoms with Crippen LogP contribution in [-0.4, -0.2) is 33.9 Å². The van der Waals surface area contributed by atoms with E-state index in [0.717, 1.165) is 28.8 Å². The molecule has 0 saturated heterocycles. The predicted molar refractivity (Wildman–Crippen MR) is 128 cm³/mol. The molecule has 1 N–H and O–H groups in total. The van der Waals surface area contributed by atoms with Crippen molar-refractivity contribution in [1.29, 1.82) is 0 Å². The topological polar surface area (TPSA) is 71.3 Å². The number of allylic oxidation sites excluding steroid dienone is 1. The van der Waals surface area contributed by atoms with Crippen LogP contribution in [0.3, 0.4) is 0 Å². The lowest BCUT2D eigenvalue weighted by Crippen LogP contribution is -2.46. The van der Waals surface area contributed by atoms with E-state index in [1.54, 1.807) is 22.7 Å². The summed E-state index contributed by atoms with van der Waals surface area (Å²) < 4.78 is 5.72. The van der Waals surface area contributed by atoms with Gasteiger partial charge in [0.15, 0.2) is 0 Å². The molecule has 0 spiro atoms. The number of aromatic nitrogens is 2. The Balaban J connectivity index is 1.77. The Morgan fingerprint density at radius 1 is 1.19 bits per heavy atom. The van der Waals surface area contributed by atoms with Crippen molar-refractivity contribution in [1.82, 2.24) is 20.4 Å². The van der Waals surface area contributed by atoms with Gasteiger partial charge in [-0.05, 0) is 55.0 Å². The number of rotatable bonds is 7. The van der Waals surface area contributed by atoms with E-state index in [1.807, 2.05) is 49.6 Å². The number of amides is 2. The van der Waals surface area contributed by atoms with E-state index in [-0.39, 0.29) is 12.1 Å². The second kappa shape index (κ2) is 9.44. The Kier molecular flexibility index (Phi) is 6.46. The largest absolute Gasteiger partial charge is 0.334 e. The zero-order valence-electron chi connectivity index (χ0n) is 18.5. The summed E-state index contributed by atoms with van der Waals surface area (Å²) in [4.78, 5) is 20.3. The molecule has 0 radical (unpaired) electrons. The van der Waals surface area contributed by atoms with E-state index in [2.05, 4.69) is 36.1 Å². The summed E-state index contributed by atoms with van der Waals surface area (Å²) >= 11 is 1.68. The summed E-state index contributed by atoms with van der Waals surface area (Å²) in [6, 6.07) is 15.7. The number of carbonyl (C=O) groups is 1. The first-order chi connectivity index (χ1) is 15.5. The Bertz CT molecular complexity index is 1150. The molecule has 1 aliphatic rings. The fourth-order valence-electron chi connectivity index (χ4n) is 3.79. The van der Waals surface area contributed by atoms with E-state index in [9.17, 15) is 4.79 Å². The fourth-order valence-corrected chi connectivity index (χ4v) is 4.20. The molecule has 1 aromatic heterocycles. The van der Waals surface area contributed by atoms with Crippen LogP contribution >= 0.6 is 11.8 Å². The standard InChI is InChI=1S/C25H26N4O2S/c1-5-15-29-16(3)21(22(26-25(29)30)18-9-7-17(6-2)8-10-18)24-27-23(28-31-24)19-11-13-20(32-4)14-12-19/h5,7-14,22H,1,6,15H2,2-4H3,(H,26,30). The Morgan fingerprint density at radius 3 is 2.53 bits per heavy atom. The van der Waals surface area contributed by atoms with Crippen molar-refractivity contribution < 1.29 is 9.32 Å². The molecular weight excluding hydrogens is 420 g/mol. The molecule has 32 heavy (non-hydrogen) atoms. The second-order valence-corrected chi connectivity index (χ2v) is 8.41. The van der Waals surface area contributed by atoms with Crippen molar-refractivity contribution in [2.45, 2.75) is 31.2 Å². The minimum atomic E-state index is -0.387. The summed E-state index contributed by atoms with van der Waals surface area (Å²) in [6.07, 6.45) is 4.69. The Morgan fingerprint density at radius 2 is 1.91 bits per heavy atom. The quantitative estimate of drug-likeness (QED) is 0.372. The second-order valence-electron chi connectivity index (χ2n) is 7.53. The molecule has 0 aliphatic carbocycles. The summed E-state index contributed by atoms with van der Waals surface area (Å²) in [5.41, 5.74) is 4.64. The van der Waals surface area contributed by atoms with Gasteiger partial charge < -0.3 is 9.84 Å². The van der Waals surface area contributed by atoms with Gasteiger partial charge in [-0.3, -0.25) is 4.90 Å². The highest BCUT2D eigenvalue weighted by molar-refractivity contribution is 7.98. The zero-order chi connectivity index (χ0) is 22.7. The molecule has 0 saturated carbocycles. The smallest absolute Gasteiger partial charge is 0.322 e. The third kappa shape index (κ3) is 4.21. The number of aryl methyl sites for hydroxylation is 1. The van der Waals surface area contributed by atoms with Crippen LogP contribution < -0.4 is 5.32 Å². The van der Waals surface area contributed by atoms with Gasteiger partial charge in [-0.25, -0.2) is 4.79 Å². The van der Waals surface area contributed by atoms with E-state index in [4.69, 9.17) is 9.51 Å². The lowest BCUT2D eigenvalue weighted by atomic mass is 9.93. The average molecular weight is 447 g/mol. The Labute approximate surface area is 192 Å². The van der Waals surface area contributed by atoms with Crippen LogP contribution in [-0.2, 0) is 6.42 Å². The van der Waals surface area contributed by atoms with Crippen molar-refractivity contribution in [3.63, 3.8) is 0 Å². The molecular formula is C25H26N4O2S. The van der Waals surface area contributed by atoms with Gasteiger partial charge in [-0.2, -0.15) is 4.98 Å². The normalized spacial score (nSPS) is 16.3. The maximum absolute atomic E-state index is 12.8. The van der Waals surface area contributed by atoms with Gasteiger partial charge in [0.1, 0.15) is 0 Å². The molecule has 3 aromatic rings. The lowest BCUT2D eigenvalue weighted by molar-refractivity contribution is 0.209. The maximum Gasteiger partial charge on any atom is 0.322 e. The van der Waals surface area contributed by atoms with Gasteiger partial charge in [0, 0.05) is 22.7 Å². The molecule has 7 heteroatoms. The summed E-state index contributed by atoms with van der Waals surface area (Å²) in [5, 5.41) is 7.32. The highest BCUT2D eigenvalue weighted by Gasteiger charge is 2.35. The molecule has 0 bridgehead atoms. The van der Waals surface area contributed by atoms with Crippen molar-refractivity contribution in [3.8, 4) is 11.4 Å². The predicted octanol–water partition coefficient (Wildman–Crippen LogP) is 5.70. The molecule has 164 valence electrons. The van der Waals surface area contributed by atoms with Gasteiger partial charge in [-0.1, -0.05) is 42.4 Å². The molecule has 1 atom stereocenters. The van der Waals surface area contributed by atoms with Crippen molar-refractivity contribution >= 4 is 23.4 Å². The maximum atomic E-state index is 12.8. The van der Waals surface area contributed by atoms with E-state index in [0.29, 0.717) is 18.3 Å².